The lowest BCUT2D eigenvalue weighted by Gasteiger charge is -2.05. The summed E-state index contributed by atoms with van der Waals surface area (Å²) < 4.78 is 10.1. The van der Waals surface area contributed by atoms with E-state index in [-0.39, 0.29) is 0 Å². The van der Waals surface area contributed by atoms with Gasteiger partial charge in [0.2, 0.25) is 6.61 Å². The zero-order chi connectivity index (χ0) is 12.7. The second-order valence-corrected chi connectivity index (χ2v) is 3.05. The van der Waals surface area contributed by atoms with Crippen molar-refractivity contribution in [1.82, 2.24) is 0 Å². The average molecular weight is 239 g/mol. The molecule has 1 rings (SSSR count). The third kappa shape index (κ3) is 4.42. The summed E-state index contributed by atoms with van der Waals surface area (Å²) in [7, 11) is 3.08. The van der Waals surface area contributed by atoms with Crippen LogP contribution in [-0.4, -0.2) is 38.1 Å². The SMILES string of the molecule is COc1cc(/C=N\OCC(=O)O)cc(OC)c1. The fraction of sp³-hybridized carbons (Fsp3) is 0.273. The Morgan fingerprint density at radius 1 is 1.29 bits per heavy atom. The van der Waals surface area contributed by atoms with Crippen LogP contribution in [0.25, 0.3) is 0 Å². The van der Waals surface area contributed by atoms with Gasteiger partial charge < -0.3 is 19.4 Å². The highest BCUT2D eigenvalue weighted by atomic mass is 16.6. The number of nitrogens with zero attached hydrogens (tertiary/aromatic N) is 1. The first kappa shape index (κ1) is 12.8. The molecule has 0 fully saturated rings. The topological polar surface area (TPSA) is 77.4 Å². The minimum absolute atomic E-state index is 0.475. The average Bonchev–Trinajstić information content (AvgIpc) is 2.34. The van der Waals surface area contributed by atoms with Gasteiger partial charge in [0, 0.05) is 11.6 Å². The number of hydrogen-bond acceptors (Lipinski definition) is 5. The van der Waals surface area contributed by atoms with Gasteiger partial charge in [-0.15, -0.1) is 0 Å². The summed E-state index contributed by atoms with van der Waals surface area (Å²) in [6.07, 6.45) is 1.38. The fourth-order valence-electron chi connectivity index (χ4n) is 1.09. The third-order valence-electron chi connectivity index (χ3n) is 1.84. The van der Waals surface area contributed by atoms with E-state index in [1.54, 1.807) is 18.2 Å². The molecule has 0 aliphatic carbocycles. The second kappa shape index (κ2) is 6.37. The van der Waals surface area contributed by atoms with Crippen molar-refractivity contribution in [2.75, 3.05) is 20.8 Å². The van der Waals surface area contributed by atoms with Crippen molar-refractivity contribution >= 4 is 12.2 Å². The van der Waals surface area contributed by atoms with E-state index in [1.165, 1.54) is 20.4 Å². The van der Waals surface area contributed by atoms with Crippen molar-refractivity contribution in [3.63, 3.8) is 0 Å². The smallest absolute Gasteiger partial charge is 0.344 e. The largest absolute Gasteiger partial charge is 0.497 e. The molecule has 1 N–H and O–H groups in total. The van der Waals surface area contributed by atoms with Gasteiger partial charge in [-0.05, 0) is 12.1 Å². The van der Waals surface area contributed by atoms with Crippen molar-refractivity contribution in [3.05, 3.63) is 23.8 Å². The number of carbonyl (C=O) groups is 1. The molecule has 0 atom stereocenters. The van der Waals surface area contributed by atoms with E-state index < -0.39 is 12.6 Å². The number of carboxylic acid groups (broad SMARTS) is 1. The lowest BCUT2D eigenvalue weighted by Crippen LogP contribution is -2.03. The maximum atomic E-state index is 10.2. The summed E-state index contributed by atoms with van der Waals surface area (Å²) in [4.78, 5) is 14.7. The van der Waals surface area contributed by atoms with Crippen LogP contribution in [0, 0.1) is 0 Å². The van der Waals surface area contributed by atoms with E-state index in [0.717, 1.165) is 0 Å². The minimum Gasteiger partial charge on any atom is -0.497 e. The highest BCUT2D eigenvalue weighted by molar-refractivity contribution is 5.80. The van der Waals surface area contributed by atoms with Crippen molar-refractivity contribution in [3.8, 4) is 11.5 Å². The molecule has 0 bridgehead atoms. The number of hydrogen-bond donors (Lipinski definition) is 1. The lowest BCUT2D eigenvalue weighted by molar-refractivity contribution is -0.142. The highest BCUT2D eigenvalue weighted by Crippen LogP contribution is 2.21. The van der Waals surface area contributed by atoms with Crippen LogP contribution >= 0.6 is 0 Å². The van der Waals surface area contributed by atoms with E-state index in [9.17, 15) is 4.79 Å². The van der Waals surface area contributed by atoms with Gasteiger partial charge in [0.1, 0.15) is 11.5 Å². The molecule has 1 aromatic carbocycles. The third-order valence-corrected chi connectivity index (χ3v) is 1.84. The van der Waals surface area contributed by atoms with Crippen LogP contribution in [-0.2, 0) is 9.63 Å². The number of carboxylic acids is 1. The van der Waals surface area contributed by atoms with E-state index in [0.29, 0.717) is 17.1 Å². The molecule has 1 aromatic rings. The van der Waals surface area contributed by atoms with E-state index in [2.05, 4.69) is 9.99 Å². The zero-order valence-electron chi connectivity index (χ0n) is 9.54. The first-order valence-corrected chi connectivity index (χ1v) is 4.76. The van der Waals surface area contributed by atoms with Crippen molar-refractivity contribution in [1.29, 1.82) is 0 Å². The van der Waals surface area contributed by atoms with Gasteiger partial charge in [-0.3, -0.25) is 0 Å². The summed E-state index contributed by atoms with van der Waals surface area (Å²) in [6, 6.07) is 5.15. The minimum atomic E-state index is -1.08. The number of aliphatic carboxylic acids is 1. The van der Waals surface area contributed by atoms with Gasteiger partial charge in [0.25, 0.3) is 0 Å². The summed E-state index contributed by atoms with van der Waals surface area (Å²) in [5.74, 6) is 0.151. The Balaban J connectivity index is 2.72. The Labute approximate surface area is 98.4 Å². The van der Waals surface area contributed by atoms with Crippen LogP contribution in [0.15, 0.2) is 23.4 Å². The summed E-state index contributed by atoms with van der Waals surface area (Å²) in [6.45, 7) is -0.475. The Morgan fingerprint density at radius 3 is 2.35 bits per heavy atom. The van der Waals surface area contributed by atoms with Gasteiger partial charge >= 0.3 is 5.97 Å². The molecule has 0 aliphatic rings. The fourth-order valence-corrected chi connectivity index (χ4v) is 1.09. The maximum Gasteiger partial charge on any atom is 0.344 e. The molecule has 6 heteroatoms. The number of rotatable bonds is 6. The Bertz CT molecular complexity index is 394. The molecule has 0 aliphatic heterocycles. The van der Waals surface area contributed by atoms with Gasteiger partial charge in [-0.2, -0.15) is 0 Å². The monoisotopic (exact) mass is 239 g/mol. The number of ether oxygens (including phenoxy) is 2. The molecule has 0 unspecified atom stereocenters. The molecule has 0 aromatic heterocycles. The van der Waals surface area contributed by atoms with Crippen LogP contribution < -0.4 is 9.47 Å². The van der Waals surface area contributed by atoms with Crippen molar-refractivity contribution in [2.24, 2.45) is 5.16 Å². The van der Waals surface area contributed by atoms with Crippen molar-refractivity contribution < 1.29 is 24.2 Å². The summed E-state index contributed by atoms with van der Waals surface area (Å²) in [5.41, 5.74) is 0.687. The van der Waals surface area contributed by atoms with Gasteiger partial charge in [-0.25, -0.2) is 4.79 Å². The predicted molar refractivity (Wildman–Crippen MR) is 60.7 cm³/mol. The van der Waals surface area contributed by atoms with Gasteiger partial charge in [0.15, 0.2) is 0 Å². The van der Waals surface area contributed by atoms with E-state index >= 15 is 0 Å². The predicted octanol–water partition coefficient (Wildman–Crippen LogP) is 1.14. The first-order chi connectivity index (χ1) is 8.15. The van der Waals surface area contributed by atoms with Crippen molar-refractivity contribution in [2.45, 2.75) is 0 Å². The maximum absolute atomic E-state index is 10.2. The molecule has 92 valence electrons. The molecule has 0 heterocycles. The normalized spacial score (nSPS) is 10.2. The van der Waals surface area contributed by atoms with E-state index in [4.69, 9.17) is 14.6 Å². The Kier molecular flexibility index (Phi) is 4.80. The van der Waals surface area contributed by atoms with Gasteiger partial charge in [0.05, 0.1) is 20.4 Å². The molecular formula is C11H13NO5. The van der Waals surface area contributed by atoms with Crippen LogP contribution in [0.1, 0.15) is 5.56 Å². The quantitative estimate of drug-likeness (QED) is 0.595. The second-order valence-electron chi connectivity index (χ2n) is 3.05. The van der Waals surface area contributed by atoms with Crippen LogP contribution in [0.4, 0.5) is 0 Å². The summed E-state index contributed by atoms with van der Waals surface area (Å²) >= 11 is 0. The van der Waals surface area contributed by atoms with Crippen LogP contribution in [0.2, 0.25) is 0 Å². The highest BCUT2D eigenvalue weighted by Gasteiger charge is 2.00. The standard InChI is InChI=1S/C11H13NO5/c1-15-9-3-8(4-10(5-9)16-2)6-12-17-7-11(13)14/h3-6H,7H2,1-2H3,(H,13,14)/b12-6-. The summed E-state index contributed by atoms with van der Waals surface area (Å²) in [5, 5.41) is 11.9. The molecule has 17 heavy (non-hydrogen) atoms. The molecule has 0 radical (unpaired) electrons. The molecule has 0 saturated carbocycles. The number of benzene rings is 1. The van der Waals surface area contributed by atoms with Crippen LogP contribution in [0.3, 0.4) is 0 Å². The Morgan fingerprint density at radius 2 is 1.88 bits per heavy atom. The van der Waals surface area contributed by atoms with Gasteiger partial charge in [-0.1, -0.05) is 5.16 Å². The molecule has 0 amide bonds. The molecular weight excluding hydrogens is 226 g/mol. The lowest BCUT2D eigenvalue weighted by atomic mass is 10.2. The number of oxime groups is 1. The zero-order valence-corrected chi connectivity index (χ0v) is 9.54. The molecule has 6 nitrogen and oxygen atoms in total. The molecule has 0 saturated heterocycles. The first-order valence-electron chi connectivity index (χ1n) is 4.76. The number of methoxy groups -OCH3 is 2. The Hall–Kier alpha value is -2.24. The van der Waals surface area contributed by atoms with E-state index in [1.807, 2.05) is 0 Å². The van der Waals surface area contributed by atoms with Crippen LogP contribution in [0.5, 0.6) is 11.5 Å². The molecule has 0 spiro atoms.